The van der Waals surface area contributed by atoms with Crippen molar-refractivity contribution >= 4 is 17.6 Å². The third-order valence-corrected chi connectivity index (χ3v) is 7.07. The van der Waals surface area contributed by atoms with Crippen LogP contribution in [0.1, 0.15) is 24.5 Å². The lowest BCUT2D eigenvalue weighted by atomic mass is 10.0. The number of alkyl halides is 3. The fourth-order valence-corrected chi connectivity index (χ4v) is 5.31. The van der Waals surface area contributed by atoms with Crippen LogP contribution in [0.2, 0.25) is 0 Å². The first-order valence-electron chi connectivity index (χ1n) is 11.7. The average Bonchev–Trinajstić information content (AvgIpc) is 3.51. The van der Waals surface area contributed by atoms with Gasteiger partial charge in [-0.1, -0.05) is 43.3 Å². The Balaban J connectivity index is 1.18. The van der Waals surface area contributed by atoms with Crippen molar-refractivity contribution in [1.82, 2.24) is 15.0 Å². The van der Waals surface area contributed by atoms with E-state index in [0.717, 1.165) is 59.2 Å². The Kier molecular flexibility index (Phi) is 6.91. The molecule has 0 saturated carbocycles. The number of nitrogens with zero attached hydrogens (tertiary/aromatic N) is 2. The van der Waals surface area contributed by atoms with Gasteiger partial charge >= 0.3 is 6.36 Å². The summed E-state index contributed by atoms with van der Waals surface area (Å²) in [5.74, 6) is 1.42. The van der Waals surface area contributed by atoms with Gasteiger partial charge in [-0.3, -0.25) is 0 Å². The van der Waals surface area contributed by atoms with E-state index in [1.807, 2.05) is 30.6 Å². The lowest BCUT2D eigenvalue weighted by Crippen LogP contribution is -2.16. The van der Waals surface area contributed by atoms with E-state index in [4.69, 9.17) is 9.97 Å². The first-order chi connectivity index (χ1) is 17.3. The molecule has 0 bridgehead atoms. The number of hydrogen-bond acceptors (Lipinski definition) is 5. The van der Waals surface area contributed by atoms with Gasteiger partial charge < -0.3 is 15.0 Å². The second-order valence-corrected chi connectivity index (χ2v) is 10.1. The fraction of sp³-hybridized carbons (Fsp3) is 0.259. The molecule has 2 aromatic heterocycles. The van der Waals surface area contributed by atoms with Crippen molar-refractivity contribution in [2.45, 2.75) is 42.8 Å². The number of aromatic amines is 1. The Morgan fingerprint density at radius 1 is 1.00 bits per heavy atom. The first kappa shape index (κ1) is 24.2. The van der Waals surface area contributed by atoms with Gasteiger partial charge in [0.25, 0.3) is 0 Å². The monoisotopic (exact) mass is 510 g/mol. The number of rotatable bonds is 8. The van der Waals surface area contributed by atoms with Crippen molar-refractivity contribution in [2.75, 3.05) is 11.9 Å². The van der Waals surface area contributed by atoms with Crippen LogP contribution in [-0.2, 0) is 12.8 Å². The molecule has 0 amide bonds. The summed E-state index contributed by atoms with van der Waals surface area (Å²) in [5, 5.41) is 5.08. The molecule has 36 heavy (non-hydrogen) atoms. The van der Waals surface area contributed by atoms with Crippen LogP contribution in [-0.4, -0.2) is 33.1 Å². The molecule has 186 valence electrons. The Morgan fingerprint density at radius 3 is 2.39 bits per heavy atom. The van der Waals surface area contributed by atoms with Gasteiger partial charge in [-0.15, -0.1) is 24.9 Å². The van der Waals surface area contributed by atoms with Crippen molar-refractivity contribution in [3.8, 4) is 28.3 Å². The highest BCUT2D eigenvalue weighted by molar-refractivity contribution is 8.00. The SMILES string of the molecule is CC1Cc2c(NCCCc3ccc(-c4ccc(OC(F)(F)F)cc4)cc3)nc(-c3cc[nH]c3)nc2S1. The van der Waals surface area contributed by atoms with Crippen LogP contribution < -0.4 is 10.1 Å². The second kappa shape index (κ2) is 10.3. The van der Waals surface area contributed by atoms with Gasteiger partial charge in [-0.05, 0) is 54.2 Å². The maximum atomic E-state index is 12.3. The van der Waals surface area contributed by atoms with E-state index in [-0.39, 0.29) is 5.75 Å². The van der Waals surface area contributed by atoms with E-state index >= 15 is 0 Å². The molecule has 0 aliphatic carbocycles. The predicted molar refractivity (Wildman–Crippen MR) is 136 cm³/mol. The van der Waals surface area contributed by atoms with Crippen LogP contribution in [0, 0.1) is 0 Å². The van der Waals surface area contributed by atoms with Gasteiger partial charge in [-0.25, -0.2) is 9.97 Å². The summed E-state index contributed by atoms with van der Waals surface area (Å²) in [6.45, 7) is 3.00. The number of nitrogens with one attached hydrogen (secondary N) is 2. The number of aromatic nitrogens is 3. The number of fused-ring (bicyclic) bond motifs is 1. The molecule has 0 fully saturated rings. The standard InChI is InChI=1S/C27H25F3N4OS/c1-17-15-23-25(33-24(34-26(23)36-17)21-12-14-31-16-21)32-13-2-3-18-4-6-19(7-5-18)20-8-10-22(11-9-20)35-27(28,29)30/h4-12,14,16-17,31H,2-3,13,15H2,1H3,(H,32,33,34). The molecule has 0 saturated heterocycles. The van der Waals surface area contributed by atoms with E-state index < -0.39 is 6.36 Å². The lowest BCUT2D eigenvalue weighted by Gasteiger charge is -2.12. The molecule has 2 N–H and O–H groups in total. The van der Waals surface area contributed by atoms with Crippen molar-refractivity contribution in [1.29, 1.82) is 0 Å². The van der Waals surface area contributed by atoms with Gasteiger partial charge in [0.15, 0.2) is 5.82 Å². The lowest BCUT2D eigenvalue weighted by molar-refractivity contribution is -0.274. The Labute approximate surface area is 211 Å². The van der Waals surface area contributed by atoms with E-state index in [1.165, 1.54) is 23.3 Å². The van der Waals surface area contributed by atoms with Crippen LogP contribution in [0.15, 0.2) is 72.0 Å². The normalized spacial score (nSPS) is 15.1. The number of ether oxygens (including phenoxy) is 1. The molecule has 1 unspecified atom stereocenters. The van der Waals surface area contributed by atoms with Gasteiger partial charge in [0, 0.05) is 35.3 Å². The largest absolute Gasteiger partial charge is 0.573 e. The van der Waals surface area contributed by atoms with E-state index in [0.29, 0.717) is 5.25 Å². The number of thioether (sulfide) groups is 1. The summed E-state index contributed by atoms with van der Waals surface area (Å²) in [6.07, 6.45) is 1.88. The van der Waals surface area contributed by atoms with Crippen molar-refractivity contribution in [3.05, 3.63) is 78.1 Å². The van der Waals surface area contributed by atoms with Gasteiger partial charge in [0.2, 0.25) is 0 Å². The van der Waals surface area contributed by atoms with Crippen molar-refractivity contribution < 1.29 is 17.9 Å². The number of anilines is 1. The number of benzene rings is 2. The summed E-state index contributed by atoms with van der Waals surface area (Å²) < 4.78 is 41.0. The summed E-state index contributed by atoms with van der Waals surface area (Å²) >= 11 is 1.80. The van der Waals surface area contributed by atoms with E-state index in [9.17, 15) is 13.2 Å². The molecule has 2 aromatic carbocycles. The zero-order valence-electron chi connectivity index (χ0n) is 19.6. The Hall–Kier alpha value is -3.46. The third kappa shape index (κ3) is 5.84. The number of aryl methyl sites for hydroxylation is 1. The maximum Gasteiger partial charge on any atom is 0.573 e. The second-order valence-electron chi connectivity index (χ2n) is 8.71. The van der Waals surface area contributed by atoms with Crippen molar-refractivity contribution in [2.24, 2.45) is 0 Å². The van der Waals surface area contributed by atoms with Crippen LogP contribution in [0.3, 0.4) is 0 Å². The van der Waals surface area contributed by atoms with Crippen LogP contribution in [0.5, 0.6) is 5.75 Å². The highest BCUT2D eigenvalue weighted by atomic mass is 32.2. The molecule has 3 heterocycles. The smallest absolute Gasteiger partial charge is 0.406 e. The van der Waals surface area contributed by atoms with Crippen molar-refractivity contribution in [3.63, 3.8) is 0 Å². The molecule has 0 spiro atoms. The summed E-state index contributed by atoms with van der Waals surface area (Å²) in [5.41, 5.74) is 5.14. The average molecular weight is 511 g/mol. The minimum absolute atomic E-state index is 0.224. The molecule has 9 heteroatoms. The molecular formula is C27H25F3N4OS. The number of halogens is 3. The number of hydrogen-bond donors (Lipinski definition) is 2. The van der Waals surface area contributed by atoms with Gasteiger partial charge in [0.05, 0.1) is 0 Å². The highest BCUT2D eigenvalue weighted by Crippen LogP contribution is 2.39. The van der Waals surface area contributed by atoms with Gasteiger partial charge in [-0.2, -0.15) is 0 Å². The molecule has 1 atom stereocenters. The summed E-state index contributed by atoms with van der Waals surface area (Å²) in [6, 6.07) is 16.0. The Morgan fingerprint density at radius 2 is 1.72 bits per heavy atom. The highest BCUT2D eigenvalue weighted by Gasteiger charge is 2.31. The molecule has 1 aliphatic heterocycles. The first-order valence-corrected chi connectivity index (χ1v) is 12.6. The minimum atomic E-state index is -4.69. The topological polar surface area (TPSA) is 62.8 Å². The van der Waals surface area contributed by atoms with Crippen LogP contribution >= 0.6 is 11.8 Å². The third-order valence-electron chi connectivity index (χ3n) is 5.94. The van der Waals surface area contributed by atoms with Crippen LogP contribution in [0.4, 0.5) is 19.0 Å². The van der Waals surface area contributed by atoms with Gasteiger partial charge in [0.1, 0.15) is 16.6 Å². The molecule has 1 aliphatic rings. The number of H-pyrrole nitrogens is 1. The molecule has 5 nitrogen and oxygen atoms in total. The van der Waals surface area contributed by atoms with E-state index in [2.05, 4.69) is 34.1 Å². The molecule has 0 radical (unpaired) electrons. The quantitative estimate of drug-likeness (QED) is 0.195. The molecule has 4 aromatic rings. The Bertz CT molecular complexity index is 1310. The zero-order valence-corrected chi connectivity index (χ0v) is 20.4. The zero-order chi connectivity index (χ0) is 25.1. The predicted octanol–water partition coefficient (Wildman–Crippen LogP) is 7.12. The van der Waals surface area contributed by atoms with E-state index in [1.54, 1.807) is 23.9 Å². The molecular weight excluding hydrogens is 485 g/mol. The van der Waals surface area contributed by atoms with Crippen LogP contribution in [0.25, 0.3) is 22.5 Å². The minimum Gasteiger partial charge on any atom is -0.406 e. The maximum absolute atomic E-state index is 12.3. The fourth-order valence-electron chi connectivity index (χ4n) is 4.22. The summed E-state index contributed by atoms with van der Waals surface area (Å²) in [4.78, 5) is 12.6. The molecule has 5 rings (SSSR count). The summed E-state index contributed by atoms with van der Waals surface area (Å²) in [7, 11) is 0.